The molecule has 0 bridgehead atoms. The van der Waals surface area contributed by atoms with Crippen molar-refractivity contribution in [1.82, 2.24) is 0 Å². The van der Waals surface area contributed by atoms with Crippen molar-refractivity contribution in [2.24, 2.45) is 0 Å². The van der Waals surface area contributed by atoms with E-state index in [0.717, 1.165) is 30.0 Å². The van der Waals surface area contributed by atoms with Gasteiger partial charge >= 0.3 is 6.18 Å². The Hall–Kier alpha value is -2.16. The molecule has 0 saturated carbocycles. The molecule has 2 aromatic carbocycles. The molecule has 9 heteroatoms. The number of anilines is 1. The molecule has 2 rings (SSSR count). The Morgan fingerprint density at radius 2 is 1.76 bits per heavy atom. The van der Waals surface area contributed by atoms with E-state index in [-0.39, 0.29) is 4.90 Å². The highest BCUT2D eigenvalue weighted by molar-refractivity contribution is 8.00. The van der Waals surface area contributed by atoms with E-state index >= 15 is 0 Å². The zero-order chi connectivity index (χ0) is 18.8. The van der Waals surface area contributed by atoms with Crippen molar-refractivity contribution < 1.29 is 31.1 Å². The molecule has 1 N–H and O–H groups in total. The van der Waals surface area contributed by atoms with Crippen molar-refractivity contribution in [3.05, 3.63) is 59.4 Å². The van der Waals surface area contributed by atoms with Gasteiger partial charge in [-0.3, -0.25) is 4.79 Å². The lowest BCUT2D eigenvalue weighted by atomic mass is 10.2. The van der Waals surface area contributed by atoms with Gasteiger partial charge in [0.05, 0.1) is 16.5 Å². The van der Waals surface area contributed by atoms with E-state index in [2.05, 4.69) is 5.32 Å². The maximum absolute atomic E-state index is 13.5. The fourth-order valence-electron chi connectivity index (χ4n) is 1.86. The summed E-state index contributed by atoms with van der Waals surface area (Å²) < 4.78 is 77.5. The third-order valence-corrected chi connectivity index (χ3v) is 4.23. The second-order valence-electron chi connectivity index (χ2n) is 5.00. The van der Waals surface area contributed by atoms with Crippen LogP contribution in [0.4, 0.5) is 32.0 Å². The first-order valence-corrected chi connectivity index (χ1v) is 7.76. The average Bonchev–Trinajstić information content (AvgIpc) is 2.54. The van der Waals surface area contributed by atoms with Crippen molar-refractivity contribution >= 4 is 23.4 Å². The highest BCUT2D eigenvalue weighted by Crippen LogP contribution is 2.33. The zero-order valence-electron chi connectivity index (χ0n) is 12.6. The highest BCUT2D eigenvalue weighted by Gasteiger charge is 2.30. The SMILES string of the molecule is C[C@@H](Sc1cccc(C(F)(F)F)c1)C(=O)Nc1ccc(F)c(F)c1F. The maximum Gasteiger partial charge on any atom is 0.416 e. The van der Waals surface area contributed by atoms with Gasteiger partial charge in [0.2, 0.25) is 5.91 Å². The number of nitrogens with one attached hydrogen (secondary N) is 1. The lowest BCUT2D eigenvalue weighted by Crippen LogP contribution is -2.23. The molecule has 1 atom stereocenters. The van der Waals surface area contributed by atoms with Crippen LogP contribution < -0.4 is 5.32 Å². The van der Waals surface area contributed by atoms with Crippen LogP contribution in [0.2, 0.25) is 0 Å². The molecule has 2 nitrogen and oxygen atoms in total. The van der Waals surface area contributed by atoms with Crippen LogP contribution in [-0.2, 0) is 11.0 Å². The predicted octanol–water partition coefficient (Wildman–Crippen LogP) is 5.24. The largest absolute Gasteiger partial charge is 0.416 e. The maximum atomic E-state index is 13.5. The number of halogens is 6. The summed E-state index contributed by atoms with van der Waals surface area (Å²) in [7, 11) is 0. The first kappa shape index (κ1) is 19.2. The van der Waals surface area contributed by atoms with Crippen LogP contribution in [0.3, 0.4) is 0 Å². The van der Waals surface area contributed by atoms with Gasteiger partial charge in [-0.2, -0.15) is 13.2 Å². The Morgan fingerprint density at radius 1 is 1.08 bits per heavy atom. The van der Waals surface area contributed by atoms with E-state index in [0.29, 0.717) is 6.07 Å². The third-order valence-electron chi connectivity index (χ3n) is 3.14. The van der Waals surface area contributed by atoms with E-state index in [1.807, 2.05) is 0 Å². The minimum absolute atomic E-state index is 0.184. The second kappa shape index (κ2) is 7.38. The zero-order valence-corrected chi connectivity index (χ0v) is 13.4. The Kier molecular flexibility index (Phi) is 5.66. The van der Waals surface area contributed by atoms with E-state index in [9.17, 15) is 31.1 Å². The number of rotatable bonds is 4. The third kappa shape index (κ3) is 4.68. The summed E-state index contributed by atoms with van der Waals surface area (Å²) in [6, 6.07) is 5.87. The molecular weight excluding hydrogens is 368 g/mol. The van der Waals surface area contributed by atoms with Gasteiger partial charge in [0.15, 0.2) is 17.5 Å². The van der Waals surface area contributed by atoms with Gasteiger partial charge in [-0.25, -0.2) is 13.2 Å². The van der Waals surface area contributed by atoms with E-state index in [4.69, 9.17) is 0 Å². The molecule has 0 saturated heterocycles. The van der Waals surface area contributed by atoms with Crippen molar-refractivity contribution in [2.75, 3.05) is 5.32 Å². The Morgan fingerprint density at radius 3 is 2.40 bits per heavy atom. The lowest BCUT2D eigenvalue weighted by Gasteiger charge is -2.14. The van der Waals surface area contributed by atoms with Crippen molar-refractivity contribution in [1.29, 1.82) is 0 Å². The van der Waals surface area contributed by atoms with Crippen LogP contribution in [0.25, 0.3) is 0 Å². The Balaban J connectivity index is 2.10. The fraction of sp³-hybridized carbons (Fsp3) is 0.188. The number of alkyl halides is 3. The monoisotopic (exact) mass is 379 g/mol. The summed E-state index contributed by atoms with van der Waals surface area (Å²) in [5, 5.41) is 1.17. The normalized spacial score (nSPS) is 12.8. The van der Waals surface area contributed by atoms with Gasteiger partial charge in [0, 0.05) is 4.90 Å². The molecule has 0 radical (unpaired) electrons. The number of carbonyl (C=O) groups is 1. The molecule has 134 valence electrons. The van der Waals surface area contributed by atoms with Crippen LogP contribution in [0, 0.1) is 17.5 Å². The van der Waals surface area contributed by atoms with E-state index < -0.39 is 46.0 Å². The minimum Gasteiger partial charge on any atom is -0.323 e. The first-order chi connectivity index (χ1) is 11.6. The van der Waals surface area contributed by atoms with Gasteiger partial charge in [0.1, 0.15) is 0 Å². The van der Waals surface area contributed by atoms with Gasteiger partial charge in [-0.05, 0) is 37.3 Å². The molecule has 25 heavy (non-hydrogen) atoms. The summed E-state index contributed by atoms with van der Waals surface area (Å²) in [6.45, 7) is 1.39. The quantitative estimate of drug-likeness (QED) is 0.447. The standard InChI is InChI=1S/C16H11F6NOS/c1-8(25-10-4-2-3-9(7-10)16(20,21)22)15(24)23-12-6-5-11(17)13(18)14(12)19/h2-8H,1H3,(H,23,24)/t8-/m1/s1. The summed E-state index contributed by atoms with van der Waals surface area (Å²) in [5.74, 6) is -5.45. The molecule has 2 aromatic rings. The molecule has 1 amide bonds. The topological polar surface area (TPSA) is 29.1 Å². The molecule has 0 aliphatic rings. The van der Waals surface area contributed by atoms with E-state index in [1.165, 1.54) is 19.1 Å². The van der Waals surface area contributed by atoms with Crippen LogP contribution >= 0.6 is 11.8 Å². The van der Waals surface area contributed by atoms with Gasteiger partial charge < -0.3 is 5.32 Å². The first-order valence-electron chi connectivity index (χ1n) is 6.88. The summed E-state index contributed by atoms with van der Waals surface area (Å²) >= 11 is 0.812. The molecular formula is C16H11F6NOS. The predicted molar refractivity (Wildman–Crippen MR) is 81.7 cm³/mol. The number of amides is 1. The number of benzene rings is 2. The summed E-state index contributed by atoms with van der Waals surface area (Å²) in [6.07, 6.45) is -4.52. The summed E-state index contributed by atoms with van der Waals surface area (Å²) in [5.41, 5.74) is -1.42. The number of carbonyl (C=O) groups excluding carboxylic acids is 1. The van der Waals surface area contributed by atoms with Gasteiger partial charge in [-0.15, -0.1) is 11.8 Å². The fourth-order valence-corrected chi connectivity index (χ4v) is 2.79. The lowest BCUT2D eigenvalue weighted by molar-refractivity contribution is -0.137. The van der Waals surface area contributed by atoms with Gasteiger partial charge in [0.25, 0.3) is 0 Å². The number of thioether (sulfide) groups is 1. The molecule has 0 spiro atoms. The Labute approximate surface area is 143 Å². The molecule has 0 fully saturated rings. The molecule has 0 aromatic heterocycles. The van der Waals surface area contributed by atoms with Crippen LogP contribution in [-0.4, -0.2) is 11.2 Å². The molecule has 0 unspecified atom stereocenters. The van der Waals surface area contributed by atoms with Crippen LogP contribution in [0.1, 0.15) is 12.5 Å². The summed E-state index contributed by atoms with van der Waals surface area (Å²) in [4.78, 5) is 12.2. The molecule has 0 aliphatic heterocycles. The van der Waals surface area contributed by atoms with Crippen molar-refractivity contribution in [2.45, 2.75) is 23.2 Å². The smallest absolute Gasteiger partial charge is 0.323 e. The van der Waals surface area contributed by atoms with Crippen LogP contribution in [0.15, 0.2) is 41.3 Å². The minimum atomic E-state index is -4.52. The van der Waals surface area contributed by atoms with Gasteiger partial charge in [-0.1, -0.05) is 6.07 Å². The Bertz CT molecular complexity index is 793. The van der Waals surface area contributed by atoms with E-state index in [1.54, 1.807) is 0 Å². The average molecular weight is 379 g/mol. The molecule has 0 heterocycles. The molecule has 0 aliphatic carbocycles. The highest BCUT2D eigenvalue weighted by atomic mass is 32.2. The number of hydrogen-bond acceptors (Lipinski definition) is 2. The van der Waals surface area contributed by atoms with Crippen molar-refractivity contribution in [3.8, 4) is 0 Å². The van der Waals surface area contributed by atoms with Crippen LogP contribution in [0.5, 0.6) is 0 Å². The van der Waals surface area contributed by atoms with Crippen molar-refractivity contribution in [3.63, 3.8) is 0 Å². The number of hydrogen-bond donors (Lipinski definition) is 1. The second-order valence-corrected chi connectivity index (χ2v) is 6.41.